The number of anilines is 1. The van der Waals surface area contributed by atoms with Gasteiger partial charge in [-0.15, -0.1) is 0 Å². The van der Waals surface area contributed by atoms with Crippen LogP contribution in [0.3, 0.4) is 0 Å². The van der Waals surface area contributed by atoms with Gasteiger partial charge >= 0.3 is 0 Å². The van der Waals surface area contributed by atoms with Crippen molar-refractivity contribution in [2.24, 2.45) is 0 Å². The van der Waals surface area contributed by atoms with E-state index in [2.05, 4.69) is 4.72 Å². The van der Waals surface area contributed by atoms with E-state index in [0.717, 1.165) is 12.2 Å². The van der Waals surface area contributed by atoms with Crippen molar-refractivity contribution in [2.75, 3.05) is 17.9 Å². The summed E-state index contributed by atoms with van der Waals surface area (Å²) in [6.45, 7) is 3.03. The molecule has 0 aliphatic carbocycles. The molecule has 5 nitrogen and oxygen atoms in total. The Bertz CT molecular complexity index is 755. The molecule has 0 amide bonds. The van der Waals surface area contributed by atoms with E-state index in [4.69, 9.17) is 9.47 Å². The molecule has 1 fully saturated rings. The van der Waals surface area contributed by atoms with E-state index in [1.54, 1.807) is 42.5 Å². The van der Waals surface area contributed by atoms with E-state index in [9.17, 15) is 8.42 Å². The van der Waals surface area contributed by atoms with Gasteiger partial charge in [0.05, 0.1) is 17.2 Å². The fourth-order valence-corrected chi connectivity index (χ4v) is 3.18. The highest BCUT2D eigenvalue weighted by atomic mass is 32.2. The lowest BCUT2D eigenvalue weighted by molar-refractivity contribution is 0.262. The van der Waals surface area contributed by atoms with E-state index in [-0.39, 0.29) is 11.0 Å². The minimum absolute atomic E-state index is 0.157. The Morgan fingerprint density at radius 3 is 2.59 bits per heavy atom. The molecule has 1 N–H and O–H groups in total. The minimum atomic E-state index is -3.60. The number of benzene rings is 2. The number of ether oxygens (including phenoxy) is 2. The zero-order chi connectivity index (χ0) is 15.6. The van der Waals surface area contributed by atoms with Crippen molar-refractivity contribution in [3.8, 4) is 5.75 Å². The van der Waals surface area contributed by atoms with Gasteiger partial charge < -0.3 is 9.47 Å². The fraction of sp³-hybridized carbons (Fsp3) is 0.250. The third-order valence-corrected chi connectivity index (χ3v) is 4.79. The summed E-state index contributed by atoms with van der Waals surface area (Å²) < 4.78 is 38.1. The van der Waals surface area contributed by atoms with Crippen LogP contribution in [-0.4, -0.2) is 27.7 Å². The Kier molecular flexibility index (Phi) is 4.04. The van der Waals surface area contributed by atoms with E-state index in [1.165, 1.54) is 0 Å². The average Bonchev–Trinajstić information content (AvgIpc) is 3.33. The molecule has 0 aromatic heterocycles. The molecule has 0 radical (unpaired) electrons. The molecule has 1 unspecified atom stereocenters. The first-order valence-electron chi connectivity index (χ1n) is 6.98. The molecule has 1 heterocycles. The molecule has 0 bridgehead atoms. The summed E-state index contributed by atoms with van der Waals surface area (Å²) in [7, 11) is -3.60. The van der Waals surface area contributed by atoms with Crippen LogP contribution in [0.1, 0.15) is 5.56 Å². The lowest BCUT2D eigenvalue weighted by Crippen LogP contribution is -2.14. The highest BCUT2D eigenvalue weighted by Gasteiger charge is 2.23. The molecule has 6 heteroatoms. The van der Waals surface area contributed by atoms with Gasteiger partial charge in [-0.25, -0.2) is 8.42 Å². The smallest absolute Gasteiger partial charge is 0.261 e. The first-order chi connectivity index (χ1) is 10.6. The van der Waals surface area contributed by atoms with Crippen molar-refractivity contribution in [1.82, 2.24) is 0 Å². The van der Waals surface area contributed by atoms with Gasteiger partial charge in [0.1, 0.15) is 18.5 Å². The summed E-state index contributed by atoms with van der Waals surface area (Å²) in [5.74, 6) is 0.656. The SMILES string of the molecule is Cc1c(NS(=O)(=O)c2ccccc2)cccc1OCC1CO1. The topological polar surface area (TPSA) is 67.9 Å². The van der Waals surface area contributed by atoms with Crippen LogP contribution in [0.2, 0.25) is 0 Å². The second-order valence-corrected chi connectivity index (χ2v) is 6.80. The van der Waals surface area contributed by atoms with Crippen LogP contribution in [0, 0.1) is 6.92 Å². The second kappa shape index (κ2) is 5.98. The van der Waals surface area contributed by atoms with Crippen molar-refractivity contribution in [3.05, 3.63) is 54.1 Å². The summed E-state index contributed by atoms with van der Waals surface area (Å²) in [5, 5.41) is 0. The zero-order valence-corrected chi connectivity index (χ0v) is 13.0. The molecule has 1 saturated heterocycles. The molecule has 3 rings (SSSR count). The maximum Gasteiger partial charge on any atom is 0.261 e. The number of nitrogens with one attached hydrogen (secondary N) is 1. The van der Waals surface area contributed by atoms with Gasteiger partial charge in [0.15, 0.2) is 0 Å². The van der Waals surface area contributed by atoms with Gasteiger partial charge in [-0.05, 0) is 31.2 Å². The predicted molar refractivity (Wildman–Crippen MR) is 83.7 cm³/mol. The molecule has 1 aliphatic rings. The van der Waals surface area contributed by atoms with Crippen molar-refractivity contribution in [2.45, 2.75) is 17.9 Å². The number of hydrogen-bond acceptors (Lipinski definition) is 4. The molecule has 1 atom stereocenters. The molecule has 0 saturated carbocycles. The van der Waals surface area contributed by atoms with Crippen LogP contribution >= 0.6 is 0 Å². The first kappa shape index (κ1) is 14.9. The number of epoxide rings is 1. The van der Waals surface area contributed by atoms with Gasteiger partial charge in [0.25, 0.3) is 10.0 Å². The number of hydrogen-bond donors (Lipinski definition) is 1. The molecule has 22 heavy (non-hydrogen) atoms. The fourth-order valence-electron chi connectivity index (χ4n) is 2.03. The molecule has 1 aliphatic heterocycles. The standard InChI is InChI=1S/C16H17NO4S/c1-12-15(8-5-9-16(12)21-11-13-10-20-13)17-22(18,19)14-6-3-2-4-7-14/h2-9,13,17H,10-11H2,1H3. The third-order valence-electron chi connectivity index (χ3n) is 3.41. The quantitative estimate of drug-likeness (QED) is 0.831. The van der Waals surface area contributed by atoms with Crippen molar-refractivity contribution in [1.29, 1.82) is 0 Å². The Morgan fingerprint density at radius 1 is 1.18 bits per heavy atom. The summed E-state index contributed by atoms with van der Waals surface area (Å²) in [6.07, 6.45) is 0.157. The molecule has 2 aromatic rings. The van der Waals surface area contributed by atoms with Gasteiger partial charge in [-0.1, -0.05) is 24.3 Å². The van der Waals surface area contributed by atoms with Crippen LogP contribution in [0.15, 0.2) is 53.4 Å². The normalized spacial score (nSPS) is 17.0. The Balaban J connectivity index is 1.81. The second-order valence-electron chi connectivity index (χ2n) is 5.11. The summed E-state index contributed by atoms with van der Waals surface area (Å²) in [6, 6.07) is 13.6. The first-order valence-corrected chi connectivity index (χ1v) is 8.46. The van der Waals surface area contributed by atoms with Gasteiger partial charge in [0, 0.05) is 5.56 Å². The Labute approximate surface area is 129 Å². The average molecular weight is 319 g/mol. The Hall–Kier alpha value is -2.05. The maximum absolute atomic E-state index is 12.4. The molecule has 0 spiro atoms. The molecule has 116 valence electrons. The zero-order valence-electron chi connectivity index (χ0n) is 12.2. The number of rotatable bonds is 6. The molecule has 2 aromatic carbocycles. The highest BCUT2D eigenvalue weighted by Crippen LogP contribution is 2.28. The summed E-state index contributed by atoms with van der Waals surface area (Å²) in [5.41, 5.74) is 1.26. The minimum Gasteiger partial charge on any atom is -0.490 e. The predicted octanol–water partition coefficient (Wildman–Crippen LogP) is 2.57. The highest BCUT2D eigenvalue weighted by molar-refractivity contribution is 7.92. The largest absolute Gasteiger partial charge is 0.490 e. The van der Waals surface area contributed by atoms with Crippen LogP contribution in [0.5, 0.6) is 5.75 Å². The van der Waals surface area contributed by atoms with E-state index in [1.807, 2.05) is 13.0 Å². The summed E-state index contributed by atoms with van der Waals surface area (Å²) in [4.78, 5) is 0.229. The lowest BCUT2D eigenvalue weighted by atomic mass is 10.2. The molecular weight excluding hydrogens is 302 g/mol. The number of sulfonamides is 1. The monoisotopic (exact) mass is 319 g/mol. The van der Waals surface area contributed by atoms with E-state index < -0.39 is 10.0 Å². The summed E-state index contributed by atoms with van der Waals surface area (Å²) >= 11 is 0. The Morgan fingerprint density at radius 2 is 1.91 bits per heavy atom. The van der Waals surface area contributed by atoms with E-state index >= 15 is 0 Å². The van der Waals surface area contributed by atoms with Gasteiger partial charge in [-0.2, -0.15) is 0 Å². The molecular formula is C16H17NO4S. The van der Waals surface area contributed by atoms with Crippen LogP contribution in [0.25, 0.3) is 0 Å². The van der Waals surface area contributed by atoms with Gasteiger partial charge in [0.2, 0.25) is 0 Å². The third kappa shape index (κ3) is 3.40. The van der Waals surface area contributed by atoms with Crippen molar-refractivity contribution >= 4 is 15.7 Å². The van der Waals surface area contributed by atoms with Crippen LogP contribution in [-0.2, 0) is 14.8 Å². The van der Waals surface area contributed by atoms with E-state index in [0.29, 0.717) is 18.0 Å². The van der Waals surface area contributed by atoms with Crippen LogP contribution < -0.4 is 9.46 Å². The van der Waals surface area contributed by atoms with Crippen molar-refractivity contribution in [3.63, 3.8) is 0 Å². The van der Waals surface area contributed by atoms with Gasteiger partial charge in [-0.3, -0.25) is 4.72 Å². The van der Waals surface area contributed by atoms with Crippen LogP contribution in [0.4, 0.5) is 5.69 Å². The van der Waals surface area contributed by atoms with Crippen molar-refractivity contribution < 1.29 is 17.9 Å². The maximum atomic E-state index is 12.4. The lowest BCUT2D eigenvalue weighted by Gasteiger charge is -2.14.